The van der Waals surface area contributed by atoms with E-state index < -0.39 is 0 Å². The van der Waals surface area contributed by atoms with Crippen molar-refractivity contribution in [2.24, 2.45) is 4.90 Å². The Morgan fingerprint density at radius 2 is 2.50 bits per heavy atom. The monoisotopic (exact) mass is 83.1 g/mol. The molecule has 0 atom stereocenters. The van der Waals surface area contributed by atoms with Gasteiger partial charge < -0.3 is 4.90 Å². The first-order chi connectivity index (χ1) is 2.91. The summed E-state index contributed by atoms with van der Waals surface area (Å²) in [5.74, 6) is 0. The maximum atomic E-state index is 9.41. The Kier molecular flexibility index (Phi) is 3.97. The van der Waals surface area contributed by atoms with E-state index in [0.717, 1.165) is 0 Å². The van der Waals surface area contributed by atoms with E-state index in [9.17, 15) is 4.79 Å². The molecule has 0 N–H and O–H groups in total. The molecule has 0 aromatic carbocycles. The molecule has 0 heterocycles. The van der Waals surface area contributed by atoms with Gasteiger partial charge in [0.1, 0.15) is 0 Å². The molecule has 0 aromatic heterocycles. The third-order valence-corrected chi connectivity index (χ3v) is 0.349. The van der Waals surface area contributed by atoms with Gasteiger partial charge in [-0.15, -0.1) is 0 Å². The molecule has 2 nitrogen and oxygen atoms in total. The number of hydrogen-bond donors (Lipinski definition) is 0. The largest absolute Gasteiger partial charge is 0.351 e. The molecule has 0 aliphatic rings. The molecule has 0 saturated carbocycles. The summed E-state index contributed by atoms with van der Waals surface area (Å²) < 4.78 is 0. The van der Waals surface area contributed by atoms with Gasteiger partial charge in [0.2, 0.25) is 0 Å². The van der Waals surface area contributed by atoms with Gasteiger partial charge in [0.05, 0.1) is 0 Å². The Hall–Kier alpha value is -0.595. The molecule has 0 aliphatic carbocycles. The van der Waals surface area contributed by atoms with Crippen LogP contribution < -0.4 is 0 Å². The van der Waals surface area contributed by atoms with Gasteiger partial charge in [0, 0.05) is 6.21 Å². The summed E-state index contributed by atoms with van der Waals surface area (Å²) >= 11 is 0. The highest BCUT2D eigenvalue weighted by Crippen LogP contribution is 1.52. The van der Waals surface area contributed by atoms with Crippen LogP contribution in [0.25, 0.3) is 0 Å². The maximum Gasteiger partial charge on any atom is 0.258 e. The second-order valence-corrected chi connectivity index (χ2v) is 0.784. The Bertz CT molecular complexity index is 61.8. The molecule has 0 rings (SSSR count). The zero-order chi connectivity index (χ0) is 4.83. The number of hydrogen-bond acceptors (Lipinski definition) is 2. The van der Waals surface area contributed by atoms with Gasteiger partial charge >= 0.3 is 0 Å². The third-order valence-electron chi connectivity index (χ3n) is 0.349. The molecule has 0 bridgehead atoms. The zero-order valence-electron chi connectivity index (χ0n) is 3.72. The highest BCUT2D eigenvalue weighted by atomic mass is 16.1. The normalized spacial score (nSPS) is 8.83. The smallest absolute Gasteiger partial charge is 0.258 e. The van der Waals surface area contributed by atoms with E-state index in [1.165, 1.54) is 6.21 Å². The van der Waals surface area contributed by atoms with Crippen molar-refractivity contribution < 1.29 is 4.79 Å². The van der Waals surface area contributed by atoms with Crippen LogP contribution in [-0.2, 0) is 4.79 Å². The SMILES string of the molecule is CBN=CC=O. The molecule has 0 spiro atoms. The van der Waals surface area contributed by atoms with E-state index in [4.69, 9.17) is 0 Å². The molecule has 0 amide bonds. The minimum atomic E-state index is 0.670. The maximum absolute atomic E-state index is 9.41. The molecule has 0 aliphatic heterocycles. The zero-order valence-corrected chi connectivity index (χ0v) is 3.72. The lowest BCUT2D eigenvalue weighted by molar-refractivity contribution is -0.102. The highest BCUT2D eigenvalue weighted by molar-refractivity contribution is 6.36. The molecule has 32 valence electrons. The fraction of sp³-hybridized carbons (Fsp3) is 0.333. The second-order valence-electron chi connectivity index (χ2n) is 0.784. The molecule has 3 heteroatoms. The van der Waals surface area contributed by atoms with Crippen molar-refractivity contribution in [2.75, 3.05) is 0 Å². The summed E-state index contributed by atoms with van der Waals surface area (Å²) in [4.78, 5) is 13.0. The van der Waals surface area contributed by atoms with Gasteiger partial charge in [-0.1, -0.05) is 6.82 Å². The standard InChI is InChI=1S/C3H6BNO/c1-4-5-2-3-6/h2-4H,1H3. The van der Waals surface area contributed by atoms with Gasteiger partial charge in [0.25, 0.3) is 7.41 Å². The van der Waals surface area contributed by atoms with Crippen LogP contribution in [0.15, 0.2) is 4.90 Å². The quantitative estimate of drug-likeness (QED) is 0.255. The summed E-state index contributed by atoms with van der Waals surface area (Å²) in [7, 11) is 0.693. The van der Waals surface area contributed by atoms with Crippen molar-refractivity contribution in [3.63, 3.8) is 0 Å². The van der Waals surface area contributed by atoms with E-state index in [1.54, 1.807) is 0 Å². The van der Waals surface area contributed by atoms with E-state index >= 15 is 0 Å². The molecule has 0 fully saturated rings. The molecule has 0 aromatic rings. The third kappa shape index (κ3) is 3.40. The van der Waals surface area contributed by atoms with Crippen molar-refractivity contribution in [3.05, 3.63) is 0 Å². The second kappa shape index (κ2) is 4.40. The Labute approximate surface area is 37.5 Å². The number of nitrogens with zero attached hydrogens (tertiary/aromatic N) is 1. The van der Waals surface area contributed by atoms with Crippen molar-refractivity contribution in [3.8, 4) is 0 Å². The number of aldehydes is 1. The van der Waals surface area contributed by atoms with Gasteiger partial charge in [-0.05, 0) is 0 Å². The fourth-order valence-electron chi connectivity index (χ4n) is 0.148. The number of rotatable bonds is 2. The molecular weight excluding hydrogens is 76.9 g/mol. The van der Waals surface area contributed by atoms with Crippen LogP contribution in [0, 0.1) is 0 Å². The summed E-state index contributed by atoms with van der Waals surface area (Å²) in [6.07, 6.45) is 1.92. The number of carbonyl (C=O) groups is 1. The fourth-order valence-corrected chi connectivity index (χ4v) is 0.148. The van der Waals surface area contributed by atoms with Crippen molar-refractivity contribution in [1.82, 2.24) is 0 Å². The van der Waals surface area contributed by atoms with E-state index in [0.29, 0.717) is 13.7 Å². The molecule has 0 saturated heterocycles. The topological polar surface area (TPSA) is 29.4 Å². The van der Waals surface area contributed by atoms with Crippen molar-refractivity contribution >= 4 is 19.9 Å². The molecule has 0 unspecified atom stereocenters. The molecular formula is C3H6BNO. The van der Waals surface area contributed by atoms with E-state index in [2.05, 4.69) is 4.90 Å². The van der Waals surface area contributed by atoms with Crippen LogP contribution in [0.2, 0.25) is 6.82 Å². The number of carbonyl (C=O) groups excluding carboxylic acids is 1. The van der Waals surface area contributed by atoms with Crippen LogP contribution in [0.3, 0.4) is 0 Å². The van der Waals surface area contributed by atoms with Gasteiger partial charge in [-0.25, -0.2) is 0 Å². The molecule has 0 radical (unpaired) electrons. The average molecular weight is 82.9 g/mol. The summed E-state index contributed by atoms with van der Waals surface area (Å²) in [6.45, 7) is 1.88. The van der Waals surface area contributed by atoms with Gasteiger partial charge in [-0.2, -0.15) is 0 Å². The van der Waals surface area contributed by atoms with Crippen molar-refractivity contribution in [1.29, 1.82) is 0 Å². The van der Waals surface area contributed by atoms with Gasteiger partial charge in [-0.3, -0.25) is 4.79 Å². The first-order valence-corrected chi connectivity index (χ1v) is 1.85. The average Bonchev–Trinajstić information content (AvgIpc) is 1.61. The first kappa shape index (κ1) is 5.40. The van der Waals surface area contributed by atoms with Crippen LogP contribution in [0.4, 0.5) is 0 Å². The minimum absolute atomic E-state index is 0.670. The Morgan fingerprint density at radius 3 is 2.67 bits per heavy atom. The van der Waals surface area contributed by atoms with Gasteiger partial charge in [0.15, 0.2) is 6.29 Å². The summed E-state index contributed by atoms with van der Waals surface area (Å²) in [6, 6.07) is 0. The summed E-state index contributed by atoms with van der Waals surface area (Å²) in [5.41, 5.74) is 0. The predicted octanol–water partition coefficient (Wildman–Crippen LogP) is -0.344. The highest BCUT2D eigenvalue weighted by Gasteiger charge is 1.62. The predicted molar refractivity (Wildman–Crippen MR) is 27.6 cm³/mol. The van der Waals surface area contributed by atoms with Crippen LogP contribution >= 0.6 is 0 Å². The van der Waals surface area contributed by atoms with Crippen LogP contribution in [-0.4, -0.2) is 19.9 Å². The first-order valence-electron chi connectivity index (χ1n) is 1.85. The Balaban J connectivity index is 2.94. The summed E-state index contributed by atoms with van der Waals surface area (Å²) in [5, 5.41) is 0. The van der Waals surface area contributed by atoms with Crippen LogP contribution in [0.1, 0.15) is 0 Å². The lowest BCUT2D eigenvalue weighted by atomic mass is 10.0. The van der Waals surface area contributed by atoms with E-state index in [-0.39, 0.29) is 0 Å². The minimum Gasteiger partial charge on any atom is -0.351 e. The Morgan fingerprint density at radius 1 is 1.83 bits per heavy atom. The van der Waals surface area contributed by atoms with Crippen molar-refractivity contribution in [2.45, 2.75) is 6.82 Å². The van der Waals surface area contributed by atoms with Crippen LogP contribution in [0.5, 0.6) is 0 Å². The molecule has 6 heavy (non-hydrogen) atoms. The van der Waals surface area contributed by atoms with E-state index in [1.807, 2.05) is 6.82 Å². The lowest BCUT2D eigenvalue weighted by Crippen LogP contribution is -1.76. The lowest BCUT2D eigenvalue weighted by Gasteiger charge is -1.64.